The maximum absolute atomic E-state index is 13.2. The summed E-state index contributed by atoms with van der Waals surface area (Å²) in [6.45, 7) is 8.18. The van der Waals surface area contributed by atoms with Gasteiger partial charge >= 0.3 is 6.03 Å². The molecule has 2 N–H and O–H groups in total. The molecule has 0 radical (unpaired) electrons. The Labute approximate surface area is 194 Å². The van der Waals surface area contributed by atoms with Gasteiger partial charge in [-0.1, -0.05) is 36.8 Å². The minimum atomic E-state index is 0.0167. The van der Waals surface area contributed by atoms with Crippen molar-refractivity contribution in [2.45, 2.75) is 70.6 Å². The predicted molar refractivity (Wildman–Crippen MR) is 129 cm³/mol. The number of carbonyl (C=O) groups is 1. The average Bonchev–Trinajstić information content (AvgIpc) is 3.07. The summed E-state index contributed by atoms with van der Waals surface area (Å²) < 4.78 is 12.1. The lowest BCUT2D eigenvalue weighted by molar-refractivity contribution is -0.0434. The molecule has 2 aliphatic heterocycles. The molecular formula is C26H43N3O3. The number of hydrogen-bond donors (Lipinski definition) is 2. The zero-order valence-corrected chi connectivity index (χ0v) is 20.2. The third-order valence-corrected chi connectivity index (χ3v) is 6.62. The van der Waals surface area contributed by atoms with Gasteiger partial charge in [-0.15, -0.1) is 0 Å². The van der Waals surface area contributed by atoms with Gasteiger partial charge in [-0.25, -0.2) is 4.79 Å². The summed E-state index contributed by atoms with van der Waals surface area (Å²) in [6, 6.07) is 10.6. The summed E-state index contributed by atoms with van der Waals surface area (Å²) in [6.07, 6.45) is 6.77. The van der Waals surface area contributed by atoms with Crippen LogP contribution in [0, 0.1) is 11.8 Å². The molecule has 1 aromatic carbocycles. The monoisotopic (exact) mass is 445 g/mol. The molecule has 2 fully saturated rings. The Morgan fingerprint density at radius 1 is 1.19 bits per heavy atom. The average molecular weight is 446 g/mol. The fourth-order valence-electron chi connectivity index (χ4n) is 5.10. The summed E-state index contributed by atoms with van der Waals surface area (Å²) in [5.74, 6) is 0.824. The van der Waals surface area contributed by atoms with Crippen molar-refractivity contribution in [3.8, 4) is 0 Å². The van der Waals surface area contributed by atoms with Crippen LogP contribution >= 0.6 is 0 Å². The molecule has 3 rings (SSSR count). The van der Waals surface area contributed by atoms with Crippen LogP contribution in [-0.2, 0) is 9.47 Å². The minimum absolute atomic E-state index is 0.0167. The van der Waals surface area contributed by atoms with E-state index in [9.17, 15) is 4.79 Å². The number of benzene rings is 1. The zero-order valence-electron chi connectivity index (χ0n) is 20.2. The fraction of sp³-hybridized carbons (Fsp3) is 0.731. The van der Waals surface area contributed by atoms with Crippen molar-refractivity contribution >= 4 is 6.03 Å². The van der Waals surface area contributed by atoms with Crippen LogP contribution in [0.1, 0.15) is 64.0 Å². The summed E-state index contributed by atoms with van der Waals surface area (Å²) in [5.41, 5.74) is 1.20. The number of nitrogens with one attached hydrogen (secondary N) is 2. The quantitative estimate of drug-likeness (QED) is 0.593. The van der Waals surface area contributed by atoms with Crippen LogP contribution in [-0.4, -0.2) is 63.0 Å². The highest BCUT2D eigenvalue weighted by Gasteiger charge is 2.32. The van der Waals surface area contributed by atoms with Gasteiger partial charge in [0, 0.05) is 44.8 Å². The number of hydrogen-bond acceptors (Lipinski definition) is 4. The molecule has 0 bridgehead atoms. The van der Waals surface area contributed by atoms with E-state index in [2.05, 4.69) is 48.7 Å². The zero-order chi connectivity index (χ0) is 22.8. The van der Waals surface area contributed by atoms with Gasteiger partial charge in [-0.05, 0) is 64.5 Å². The second-order valence-corrected chi connectivity index (χ2v) is 9.74. The second-order valence-electron chi connectivity index (χ2n) is 9.74. The molecule has 2 amide bonds. The molecule has 2 aliphatic rings. The van der Waals surface area contributed by atoms with Crippen molar-refractivity contribution in [3.05, 3.63) is 35.9 Å². The maximum Gasteiger partial charge on any atom is 0.317 e. The second kappa shape index (κ2) is 13.2. The molecule has 0 aliphatic carbocycles. The van der Waals surface area contributed by atoms with Crippen LogP contribution in [0.15, 0.2) is 30.3 Å². The third-order valence-electron chi connectivity index (χ3n) is 6.62. The Balaban J connectivity index is 1.61. The van der Waals surface area contributed by atoms with Gasteiger partial charge in [0.05, 0.1) is 12.2 Å². The number of rotatable bonds is 9. The summed E-state index contributed by atoms with van der Waals surface area (Å²) in [7, 11) is 1.95. The Bertz CT molecular complexity index is 662. The normalized spacial score (nSPS) is 24.1. The van der Waals surface area contributed by atoms with Crippen molar-refractivity contribution in [2.75, 3.05) is 39.9 Å². The molecule has 0 saturated carbocycles. The molecule has 6 heteroatoms. The number of carbonyl (C=O) groups excluding carboxylic acids is 1. The third kappa shape index (κ3) is 7.75. The standard InChI is InChI=1S/C26H43N3O3/c1-20(2)32-25(22-11-5-4-6-12-22)23-13-9-14-29(18-23)26(30)28-24(17-27-3)16-21-10-7-8-15-31-19-21/h4-6,11-12,20-21,23-25,27H,7-10,13-19H2,1-3H3,(H,28,30)/t21-,23-,24+,25?/m1/s1. The molecule has 2 saturated heterocycles. The van der Waals surface area contributed by atoms with Crippen LogP contribution in [0.2, 0.25) is 0 Å². The fourth-order valence-corrected chi connectivity index (χ4v) is 5.10. The molecule has 4 atom stereocenters. The summed E-state index contributed by atoms with van der Waals surface area (Å²) >= 11 is 0. The molecule has 1 aromatic rings. The largest absolute Gasteiger partial charge is 0.381 e. The molecule has 180 valence electrons. The number of piperidine rings is 1. The Hall–Kier alpha value is -1.63. The van der Waals surface area contributed by atoms with Gasteiger partial charge in [-0.3, -0.25) is 0 Å². The highest BCUT2D eigenvalue weighted by atomic mass is 16.5. The SMILES string of the molecule is CNC[C@H](C[C@H]1CCCCOC1)NC(=O)N1CCC[C@@H](C(OC(C)C)c2ccccc2)C1. The Morgan fingerprint density at radius 2 is 2.00 bits per heavy atom. The van der Waals surface area contributed by atoms with E-state index in [4.69, 9.17) is 9.47 Å². The number of likely N-dealkylation sites (N-methyl/N-ethyl adjacent to an activating group) is 1. The van der Waals surface area contributed by atoms with Crippen LogP contribution in [0.25, 0.3) is 0 Å². The van der Waals surface area contributed by atoms with Gasteiger partial charge in [0.25, 0.3) is 0 Å². The number of likely N-dealkylation sites (tertiary alicyclic amines) is 1. The highest BCUT2D eigenvalue weighted by molar-refractivity contribution is 5.74. The van der Waals surface area contributed by atoms with E-state index in [1.165, 1.54) is 18.4 Å². The van der Waals surface area contributed by atoms with Crippen molar-refractivity contribution in [1.82, 2.24) is 15.5 Å². The maximum atomic E-state index is 13.2. The number of nitrogens with zero attached hydrogens (tertiary/aromatic N) is 1. The lowest BCUT2D eigenvalue weighted by Gasteiger charge is -2.38. The molecule has 1 unspecified atom stereocenters. The van der Waals surface area contributed by atoms with Crippen LogP contribution in [0.4, 0.5) is 4.79 Å². The topological polar surface area (TPSA) is 62.8 Å². The predicted octanol–water partition coefficient (Wildman–Crippen LogP) is 4.37. The van der Waals surface area contributed by atoms with Gasteiger partial charge in [-0.2, -0.15) is 0 Å². The van der Waals surface area contributed by atoms with Crippen LogP contribution in [0.3, 0.4) is 0 Å². The highest BCUT2D eigenvalue weighted by Crippen LogP contribution is 2.34. The van der Waals surface area contributed by atoms with E-state index in [-0.39, 0.29) is 24.3 Å². The van der Waals surface area contributed by atoms with E-state index in [0.717, 1.165) is 58.5 Å². The lowest BCUT2D eigenvalue weighted by atomic mass is 9.88. The smallest absolute Gasteiger partial charge is 0.317 e. The van der Waals surface area contributed by atoms with Crippen molar-refractivity contribution in [3.63, 3.8) is 0 Å². The first-order chi connectivity index (χ1) is 15.6. The van der Waals surface area contributed by atoms with E-state index in [1.807, 2.05) is 18.0 Å². The lowest BCUT2D eigenvalue weighted by Crippen LogP contribution is -2.52. The molecule has 6 nitrogen and oxygen atoms in total. The first kappa shape index (κ1) is 25.0. The van der Waals surface area contributed by atoms with E-state index >= 15 is 0 Å². The number of urea groups is 1. The Morgan fingerprint density at radius 3 is 2.75 bits per heavy atom. The van der Waals surface area contributed by atoms with Crippen LogP contribution in [0.5, 0.6) is 0 Å². The first-order valence-corrected chi connectivity index (χ1v) is 12.5. The number of ether oxygens (including phenoxy) is 2. The molecule has 2 heterocycles. The summed E-state index contributed by atoms with van der Waals surface area (Å²) in [4.78, 5) is 15.2. The van der Waals surface area contributed by atoms with Gasteiger partial charge in [0.1, 0.15) is 0 Å². The minimum Gasteiger partial charge on any atom is -0.381 e. The summed E-state index contributed by atoms with van der Waals surface area (Å²) in [5, 5.41) is 6.58. The van der Waals surface area contributed by atoms with Gasteiger partial charge in [0.15, 0.2) is 0 Å². The molecule has 0 aromatic heterocycles. The van der Waals surface area contributed by atoms with E-state index in [0.29, 0.717) is 11.8 Å². The van der Waals surface area contributed by atoms with Gasteiger partial charge < -0.3 is 25.0 Å². The van der Waals surface area contributed by atoms with Crippen molar-refractivity contribution in [2.24, 2.45) is 11.8 Å². The molecule has 32 heavy (non-hydrogen) atoms. The van der Waals surface area contributed by atoms with Crippen molar-refractivity contribution < 1.29 is 14.3 Å². The molecule has 0 spiro atoms. The Kier molecular flexibility index (Phi) is 10.3. The van der Waals surface area contributed by atoms with E-state index in [1.54, 1.807) is 0 Å². The van der Waals surface area contributed by atoms with E-state index < -0.39 is 0 Å². The first-order valence-electron chi connectivity index (χ1n) is 12.5. The van der Waals surface area contributed by atoms with Crippen LogP contribution < -0.4 is 10.6 Å². The van der Waals surface area contributed by atoms with Crippen molar-refractivity contribution in [1.29, 1.82) is 0 Å². The number of amides is 2. The molecular weight excluding hydrogens is 402 g/mol. The van der Waals surface area contributed by atoms with Gasteiger partial charge in [0.2, 0.25) is 0 Å².